The van der Waals surface area contributed by atoms with Crippen molar-refractivity contribution in [3.8, 4) is 24.7 Å². The molecule has 2 fully saturated rings. The molecular weight excluding hydrogens is 272 g/mol. The summed E-state index contributed by atoms with van der Waals surface area (Å²) in [6.45, 7) is 11.6. The van der Waals surface area contributed by atoms with E-state index in [2.05, 4.69) is 45.5 Å². The minimum Gasteiger partial charge on any atom is -0.304 e. The third-order valence-electron chi connectivity index (χ3n) is 4.34. The summed E-state index contributed by atoms with van der Waals surface area (Å²) in [5, 5.41) is 0. The fourth-order valence-corrected chi connectivity index (χ4v) is 2.59. The van der Waals surface area contributed by atoms with Crippen molar-refractivity contribution >= 4 is 0 Å². The van der Waals surface area contributed by atoms with E-state index in [1.165, 1.54) is 52.4 Å². The number of hydrogen-bond donors (Lipinski definition) is 0. The van der Waals surface area contributed by atoms with Crippen LogP contribution in [0, 0.1) is 24.7 Å². The second-order valence-corrected chi connectivity index (χ2v) is 6.20. The SMILES string of the molecule is C#CCCN1CCN(C)CC1.C#CCCN1CCN(C)CC1. The molecule has 0 aromatic rings. The number of nitrogens with zero attached hydrogens (tertiary/aromatic N) is 4. The molecule has 0 amide bonds. The lowest BCUT2D eigenvalue weighted by Crippen LogP contribution is -2.44. The van der Waals surface area contributed by atoms with Crippen LogP contribution in [0.3, 0.4) is 0 Å². The summed E-state index contributed by atoms with van der Waals surface area (Å²) >= 11 is 0. The van der Waals surface area contributed by atoms with Crippen molar-refractivity contribution in [3.05, 3.63) is 0 Å². The Bertz CT molecular complexity index is 316. The van der Waals surface area contributed by atoms with Gasteiger partial charge in [-0.05, 0) is 14.1 Å². The van der Waals surface area contributed by atoms with Gasteiger partial charge in [-0.25, -0.2) is 0 Å². The van der Waals surface area contributed by atoms with Crippen molar-refractivity contribution in [2.75, 3.05) is 79.5 Å². The van der Waals surface area contributed by atoms with Crippen LogP contribution in [0.15, 0.2) is 0 Å². The molecule has 0 atom stereocenters. The Morgan fingerprint density at radius 2 is 0.955 bits per heavy atom. The van der Waals surface area contributed by atoms with E-state index in [9.17, 15) is 0 Å². The summed E-state index contributed by atoms with van der Waals surface area (Å²) in [7, 11) is 4.33. The number of likely N-dealkylation sites (N-methyl/N-ethyl adjacent to an activating group) is 2. The van der Waals surface area contributed by atoms with Crippen LogP contribution in [0.4, 0.5) is 0 Å². The molecule has 2 saturated heterocycles. The van der Waals surface area contributed by atoms with Crippen molar-refractivity contribution in [1.29, 1.82) is 0 Å². The van der Waals surface area contributed by atoms with Gasteiger partial charge in [0.25, 0.3) is 0 Å². The van der Waals surface area contributed by atoms with E-state index in [1.54, 1.807) is 0 Å². The Kier molecular flexibility index (Phi) is 9.95. The van der Waals surface area contributed by atoms with Gasteiger partial charge in [0.2, 0.25) is 0 Å². The number of terminal acetylenes is 2. The van der Waals surface area contributed by atoms with Gasteiger partial charge in [0.15, 0.2) is 0 Å². The van der Waals surface area contributed by atoms with Gasteiger partial charge < -0.3 is 9.80 Å². The fourth-order valence-electron chi connectivity index (χ4n) is 2.59. The molecule has 0 bridgehead atoms. The molecule has 0 aromatic heterocycles. The fraction of sp³-hybridized carbons (Fsp3) is 0.778. The second kappa shape index (κ2) is 11.5. The lowest BCUT2D eigenvalue weighted by molar-refractivity contribution is 0.157. The van der Waals surface area contributed by atoms with Crippen LogP contribution in [0.25, 0.3) is 0 Å². The monoisotopic (exact) mass is 304 g/mol. The van der Waals surface area contributed by atoms with E-state index < -0.39 is 0 Å². The molecule has 22 heavy (non-hydrogen) atoms. The summed E-state index contributed by atoms with van der Waals surface area (Å²) in [5.74, 6) is 5.34. The van der Waals surface area contributed by atoms with Gasteiger partial charge in [0.05, 0.1) is 0 Å². The quantitative estimate of drug-likeness (QED) is 0.702. The second-order valence-electron chi connectivity index (χ2n) is 6.20. The number of hydrogen-bond acceptors (Lipinski definition) is 4. The van der Waals surface area contributed by atoms with Crippen molar-refractivity contribution in [2.45, 2.75) is 12.8 Å². The number of piperazine rings is 2. The Hall–Kier alpha value is -1.04. The topological polar surface area (TPSA) is 13.0 Å². The first-order valence-corrected chi connectivity index (χ1v) is 8.34. The Morgan fingerprint density at radius 3 is 1.23 bits per heavy atom. The lowest BCUT2D eigenvalue weighted by atomic mass is 10.3. The molecule has 2 aliphatic rings. The minimum atomic E-state index is 0.893. The van der Waals surface area contributed by atoms with E-state index in [0.29, 0.717) is 0 Å². The highest BCUT2D eigenvalue weighted by Crippen LogP contribution is 1.99. The van der Waals surface area contributed by atoms with E-state index in [0.717, 1.165) is 25.9 Å². The average Bonchev–Trinajstić information content (AvgIpc) is 2.54. The number of rotatable bonds is 4. The van der Waals surface area contributed by atoms with E-state index >= 15 is 0 Å². The van der Waals surface area contributed by atoms with Crippen LogP contribution in [0.1, 0.15) is 12.8 Å². The van der Waals surface area contributed by atoms with Gasteiger partial charge in [-0.1, -0.05) is 0 Å². The molecule has 0 aromatic carbocycles. The predicted octanol–water partition coefficient (Wildman–Crippen LogP) is 0.514. The summed E-state index contributed by atoms with van der Waals surface area (Å²) < 4.78 is 0. The molecule has 0 unspecified atom stereocenters. The first-order chi connectivity index (χ1) is 10.7. The first kappa shape index (κ1) is 19.0. The summed E-state index contributed by atoms with van der Waals surface area (Å²) in [6, 6.07) is 0. The third-order valence-corrected chi connectivity index (χ3v) is 4.34. The highest BCUT2D eigenvalue weighted by molar-refractivity contribution is 4.86. The minimum absolute atomic E-state index is 0.893. The van der Waals surface area contributed by atoms with Gasteiger partial charge in [-0.2, -0.15) is 0 Å². The largest absolute Gasteiger partial charge is 0.304 e. The van der Waals surface area contributed by atoms with Gasteiger partial charge in [-0.3, -0.25) is 9.80 Å². The van der Waals surface area contributed by atoms with E-state index in [1.807, 2.05) is 0 Å². The third kappa shape index (κ3) is 8.41. The Labute approximate surface area is 137 Å². The predicted molar refractivity (Wildman–Crippen MR) is 94.8 cm³/mol. The van der Waals surface area contributed by atoms with Crippen LogP contribution < -0.4 is 0 Å². The van der Waals surface area contributed by atoms with Crippen LogP contribution in [-0.4, -0.2) is 99.1 Å². The molecular formula is C18H32N4. The molecule has 4 heteroatoms. The first-order valence-electron chi connectivity index (χ1n) is 8.34. The molecule has 2 aliphatic heterocycles. The maximum atomic E-state index is 5.19. The van der Waals surface area contributed by atoms with E-state index in [-0.39, 0.29) is 0 Å². The van der Waals surface area contributed by atoms with Gasteiger partial charge in [0, 0.05) is 78.3 Å². The van der Waals surface area contributed by atoms with Crippen molar-refractivity contribution in [3.63, 3.8) is 0 Å². The summed E-state index contributed by atoms with van der Waals surface area (Å²) in [4.78, 5) is 9.57. The van der Waals surface area contributed by atoms with Crippen LogP contribution >= 0.6 is 0 Å². The normalized spacial score (nSPS) is 21.5. The molecule has 0 N–H and O–H groups in total. The lowest BCUT2D eigenvalue weighted by Gasteiger charge is -2.31. The maximum Gasteiger partial charge on any atom is 0.0214 e. The highest BCUT2D eigenvalue weighted by Gasteiger charge is 2.12. The molecule has 0 radical (unpaired) electrons. The van der Waals surface area contributed by atoms with Crippen LogP contribution in [0.2, 0.25) is 0 Å². The van der Waals surface area contributed by atoms with Crippen LogP contribution in [0.5, 0.6) is 0 Å². The Balaban J connectivity index is 0.000000220. The van der Waals surface area contributed by atoms with Crippen LogP contribution in [-0.2, 0) is 0 Å². The van der Waals surface area contributed by atoms with Gasteiger partial charge in [-0.15, -0.1) is 24.7 Å². The summed E-state index contributed by atoms with van der Waals surface area (Å²) in [5.41, 5.74) is 0. The summed E-state index contributed by atoms with van der Waals surface area (Å²) in [6.07, 6.45) is 12.2. The molecule has 124 valence electrons. The van der Waals surface area contributed by atoms with Gasteiger partial charge in [0.1, 0.15) is 0 Å². The zero-order chi connectivity index (χ0) is 16.2. The molecule has 2 rings (SSSR count). The molecule has 0 spiro atoms. The zero-order valence-corrected chi connectivity index (χ0v) is 14.4. The molecule has 0 aliphatic carbocycles. The maximum absolute atomic E-state index is 5.19. The Morgan fingerprint density at radius 1 is 0.636 bits per heavy atom. The molecule has 0 saturated carbocycles. The van der Waals surface area contributed by atoms with Crippen molar-refractivity contribution in [1.82, 2.24) is 19.6 Å². The van der Waals surface area contributed by atoms with Crippen molar-refractivity contribution < 1.29 is 0 Å². The molecule has 4 nitrogen and oxygen atoms in total. The van der Waals surface area contributed by atoms with E-state index in [4.69, 9.17) is 12.8 Å². The average molecular weight is 304 g/mol. The standard InChI is InChI=1S/2C9H16N2/c2*1-3-4-5-11-8-6-10(2)7-9-11/h2*1H,4-9H2,2H3. The van der Waals surface area contributed by atoms with Crippen molar-refractivity contribution in [2.24, 2.45) is 0 Å². The van der Waals surface area contributed by atoms with Gasteiger partial charge >= 0.3 is 0 Å². The zero-order valence-electron chi connectivity index (χ0n) is 14.4. The smallest absolute Gasteiger partial charge is 0.0214 e. The molecule has 2 heterocycles. The highest BCUT2D eigenvalue weighted by atomic mass is 15.2.